The van der Waals surface area contributed by atoms with Gasteiger partial charge in [0.05, 0.1) is 17.9 Å². The molecule has 2 N–H and O–H groups in total. The maximum atomic E-state index is 6.12. The molecule has 2 aromatic rings. The molecule has 4 heteroatoms. The number of aromatic nitrogens is 3. The topological polar surface area (TPSA) is 48.8 Å². The lowest BCUT2D eigenvalue weighted by molar-refractivity contribution is 0.631. The van der Waals surface area contributed by atoms with Crippen molar-refractivity contribution in [2.75, 3.05) is 0 Å². The summed E-state index contributed by atoms with van der Waals surface area (Å²) >= 11 is 0. The molecule has 1 unspecified atom stereocenters. The van der Waals surface area contributed by atoms with Gasteiger partial charge in [0.2, 0.25) is 0 Å². The van der Waals surface area contributed by atoms with Crippen LogP contribution in [0.5, 0.6) is 0 Å². The highest BCUT2D eigenvalue weighted by molar-refractivity contribution is 5.17. The number of nitrogens with zero attached hydrogens (tertiary/aromatic N) is 3. The smallest absolute Gasteiger partial charge is 0.0639 e. The van der Waals surface area contributed by atoms with Gasteiger partial charge in [-0.2, -0.15) is 5.10 Å². The molecule has 4 nitrogen and oxygen atoms in total. The minimum absolute atomic E-state index is 0.157. The Labute approximate surface area is 108 Å². The molecule has 0 radical (unpaired) electrons. The maximum Gasteiger partial charge on any atom is 0.0639 e. The van der Waals surface area contributed by atoms with E-state index in [9.17, 15) is 0 Å². The van der Waals surface area contributed by atoms with Crippen molar-refractivity contribution in [3.8, 4) is 0 Å². The first-order chi connectivity index (χ1) is 8.60. The van der Waals surface area contributed by atoms with Gasteiger partial charge in [-0.05, 0) is 31.0 Å². The molecule has 0 spiro atoms. The molecule has 0 aliphatic rings. The molecule has 2 aromatic heterocycles. The molecule has 0 amide bonds. The molecule has 2 heterocycles. The van der Waals surface area contributed by atoms with Gasteiger partial charge in [0.25, 0.3) is 0 Å². The Kier molecular flexibility index (Phi) is 3.87. The van der Waals surface area contributed by atoms with Crippen molar-refractivity contribution in [3.63, 3.8) is 0 Å². The Morgan fingerprint density at radius 1 is 1.44 bits per heavy atom. The maximum absolute atomic E-state index is 6.12. The van der Waals surface area contributed by atoms with Gasteiger partial charge >= 0.3 is 0 Å². The number of nitrogens with two attached hydrogens (primary N) is 1. The summed E-state index contributed by atoms with van der Waals surface area (Å²) in [4.78, 5) is 0. The Balaban J connectivity index is 2.09. The van der Waals surface area contributed by atoms with Crippen molar-refractivity contribution < 1.29 is 0 Å². The molecule has 0 fully saturated rings. The van der Waals surface area contributed by atoms with Crippen LogP contribution in [0.1, 0.15) is 42.8 Å². The van der Waals surface area contributed by atoms with Crippen molar-refractivity contribution in [2.45, 2.75) is 39.3 Å². The first kappa shape index (κ1) is 12.9. The van der Waals surface area contributed by atoms with Gasteiger partial charge in [0.15, 0.2) is 0 Å². The standard InChI is InChI=1S/C14H22N4/c1-4-5-14(15)12-6-7-18(9-12)10-13-8-11(2)16-17(13)3/h6-9,14H,4-5,10,15H2,1-3H3. The Morgan fingerprint density at radius 2 is 2.22 bits per heavy atom. The molecule has 18 heavy (non-hydrogen) atoms. The molecule has 0 aliphatic heterocycles. The molecule has 1 atom stereocenters. The summed E-state index contributed by atoms with van der Waals surface area (Å²) in [6.07, 6.45) is 6.39. The van der Waals surface area contributed by atoms with Crippen LogP contribution in [0.25, 0.3) is 0 Å². The van der Waals surface area contributed by atoms with E-state index in [2.05, 4.69) is 41.1 Å². The summed E-state index contributed by atoms with van der Waals surface area (Å²) in [7, 11) is 1.98. The normalized spacial score (nSPS) is 12.9. The van der Waals surface area contributed by atoms with E-state index >= 15 is 0 Å². The third kappa shape index (κ3) is 2.82. The van der Waals surface area contributed by atoms with Gasteiger partial charge in [0, 0.05) is 25.5 Å². The predicted octanol–water partition coefficient (Wildman–Crippen LogP) is 2.38. The first-order valence-electron chi connectivity index (χ1n) is 6.51. The van der Waals surface area contributed by atoms with Crippen molar-refractivity contribution in [3.05, 3.63) is 41.5 Å². The van der Waals surface area contributed by atoms with Crippen molar-refractivity contribution in [1.82, 2.24) is 14.3 Å². The van der Waals surface area contributed by atoms with Crippen LogP contribution in [0, 0.1) is 6.92 Å². The Morgan fingerprint density at radius 3 is 2.83 bits per heavy atom. The monoisotopic (exact) mass is 246 g/mol. The second-order valence-electron chi connectivity index (χ2n) is 4.91. The summed E-state index contributed by atoms with van der Waals surface area (Å²) in [5.41, 5.74) is 9.60. The zero-order valence-electron chi connectivity index (χ0n) is 11.4. The second-order valence-corrected chi connectivity index (χ2v) is 4.91. The average molecular weight is 246 g/mol. The van der Waals surface area contributed by atoms with Crippen LogP contribution in [0.4, 0.5) is 0 Å². The summed E-state index contributed by atoms with van der Waals surface area (Å²) in [5.74, 6) is 0. The Hall–Kier alpha value is -1.55. The molecule has 98 valence electrons. The highest BCUT2D eigenvalue weighted by atomic mass is 15.3. The largest absolute Gasteiger partial charge is 0.348 e. The van der Waals surface area contributed by atoms with Gasteiger partial charge in [-0.15, -0.1) is 0 Å². The minimum Gasteiger partial charge on any atom is -0.348 e. The van der Waals surface area contributed by atoms with Crippen LogP contribution in [0.15, 0.2) is 24.5 Å². The summed E-state index contributed by atoms with van der Waals surface area (Å²) in [6, 6.07) is 4.39. The van der Waals surface area contributed by atoms with E-state index in [0.717, 1.165) is 25.1 Å². The lowest BCUT2D eigenvalue weighted by Gasteiger charge is -2.07. The molecular weight excluding hydrogens is 224 g/mol. The van der Waals surface area contributed by atoms with Gasteiger partial charge in [-0.25, -0.2) is 0 Å². The predicted molar refractivity (Wildman–Crippen MR) is 73.3 cm³/mol. The molecule has 0 aliphatic carbocycles. The Bertz CT molecular complexity index is 510. The van der Waals surface area contributed by atoms with E-state index in [1.165, 1.54) is 11.3 Å². The number of rotatable bonds is 5. The van der Waals surface area contributed by atoms with E-state index in [1.807, 2.05) is 18.7 Å². The minimum atomic E-state index is 0.157. The van der Waals surface area contributed by atoms with Crippen molar-refractivity contribution in [1.29, 1.82) is 0 Å². The fourth-order valence-corrected chi connectivity index (χ4v) is 2.25. The van der Waals surface area contributed by atoms with Crippen LogP contribution in [0.2, 0.25) is 0 Å². The van der Waals surface area contributed by atoms with Gasteiger partial charge in [-0.1, -0.05) is 13.3 Å². The number of hydrogen-bond donors (Lipinski definition) is 1. The molecule has 0 aromatic carbocycles. The van der Waals surface area contributed by atoms with Crippen LogP contribution in [-0.4, -0.2) is 14.3 Å². The van der Waals surface area contributed by atoms with E-state index < -0.39 is 0 Å². The summed E-state index contributed by atoms with van der Waals surface area (Å²) in [5, 5.41) is 4.36. The van der Waals surface area contributed by atoms with Crippen LogP contribution in [-0.2, 0) is 13.6 Å². The van der Waals surface area contributed by atoms with Crippen molar-refractivity contribution >= 4 is 0 Å². The van der Waals surface area contributed by atoms with Crippen LogP contribution in [0.3, 0.4) is 0 Å². The fraction of sp³-hybridized carbons (Fsp3) is 0.500. The molecular formula is C14H22N4. The van der Waals surface area contributed by atoms with Crippen molar-refractivity contribution in [2.24, 2.45) is 12.8 Å². The van der Waals surface area contributed by atoms with E-state index in [1.54, 1.807) is 0 Å². The molecule has 0 bridgehead atoms. The third-order valence-electron chi connectivity index (χ3n) is 3.24. The molecule has 0 saturated carbocycles. The molecule has 0 saturated heterocycles. The quantitative estimate of drug-likeness (QED) is 0.880. The SMILES string of the molecule is CCCC(N)c1ccn(Cc2cc(C)nn2C)c1. The van der Waals surface area contributed by atoms with Crippen LogP contribution >= 0.6 is 0 Å². The highest BCUT2D eigenvalue weighted by Gasteiger charge is 2.08. The van der Waals surface area contributed by atoms with E-state index in [-0.39, 0.29) is 6.04 Å². The summed E-state index contributed by atoms with van der Waals surface area (Å²) in [6.45, 7) is 5.02. The highest BCUT2D eigenvalue weighted by Crippen LogP contribution is 2.16. The zero-order chi connectivity index (χ0) is 13.1. The number of aryl methyl sites for hydroxylation is 2. The first-order valence-corrected chi connectivity index (χ1v) is 6.51. The number of hydrogen-bond acceptors (Lipinski definition) is 2. The second kappa shape index (κ2) is 5.40. The third-order valence-corrected chi connectivity index (χ3v) is 3.24. The zero-order valence-corrected chi connectivity index (χ0v) is 11.4. The van der Waals surface area contributed by atoms with Gasteiger partial charge in [0.1, 0.15) is 0 Å². The molecule has 2 rings (SSSR count). The van der Waals surface area contributed by atoms with E-state index in [0.29, 0.717) is 0 Å². The van der Waals surface area contributed by atoms with Gasteiger partial charge in [-0.3, -0.25) is 4.68 Å². The van der Waals surface area contributed by atoms with E-state index in [4.69, 9.17) is 5.73 Å². The average Bonchev–Trinajstić information content (AvgIpc) is 2.88. The summed E-state index contributed by atoms with van der Waals surface area (Å²) < 4.78 is 4.10. The van der Waals surface area contributed by atoms with Crippen LogP contribution < -0.4 is 5.73 Å². The lowest BCUT2D eigenvalue weighted by atomic mass is 10.1. The fourth-order valence-electron chi connectivity index (χ4n) is 2.25. The van der Waals surface area contributed by atoms with Gasteiger partial charge < -0.3 is 10.3 Å². The lowest BCUT2D eigenvalue weighted by Crippen LogP contribution is -2.09.